The third-order valence-electron chi connectivity index (χ3n) is 15.2. The smallest absolute Gasteiger partial charge is 0.305 e. The molecule has 0 rings (SSSR count). The van der Waals surface area contributed by atoms with Gasteiger partial charge in [-0.3, -0.25) is 9.59 Å². The van der Waals surface area contributed by atoms with Gasteiger partial charge in [0.25, 0.3) is 0 Å². The molecule has 0 bridgehead atoms. The predicted molar refractivity (Wildman–Crippen MR) is 309 cm³/mol. The van der Waals surface area contributed by atoms with Crippen molar-refractivity contribution in [2.24, 2.45) is 23.3 Å². The molecule has 0 radical (unpaired) electrons. The molecule has 0 aliphatic carbocycles. The zero-order chi connectivity index (χ0) is 52.8. The molecule has 0 saturated carbocycles. The molecular weight excluding hydrogens is 897 g/mol. The normalized spacial score (nSPS) is 13.5. The van der Waals surface area contributed by atoms with Gasteiger partial charge >= 0.3 is 11.9 Å². The van der Waals surface area contributed by atoms with Gasteiger partial charge in [0.15, 0.2) is 0 Å². The van der Waals surface area contributed by atoms with Gasteiger partial charge in [-0.15, -0.1) is 0 Å². The fourth-order valence-corrected chi connectivity index (χ4v) is 10.3. The van der Waals surface area contributed by atoms with Gasteiger partial charge in [-0.05, 0) is 102 Å². The first-order valence-electron chi connectivity index (χ1n) is 31.7. The maximum atomic E-state index is 12.9. The maximum Gasteiger partial charge on any atom is 0.305 e. The number of nitrogens with zero attached hydrogens (tertiary/aromatic N) is 2. The molecule has 0 saturated heterocycles. The van der Waals surface area contributed by atoms with Crippen LogP contribution in [0.1, 0.15) is 297 Å². The second-order valence-electron chi connectivity index (χ2n) is 22.4. The van der Waals surface area contributed by atoms with Gasteiger partial charge in [0, 0.05) is 39.0 Å². The standard InChI is InChI=1S/C62H126N4O6/c1-5-9-13-17-21-23-27-33-43-57(41-31-25-19-15-11-7-3)55-71-61(69)45-35-29-37-47-65(53-59(67)51-63)49-39-40-50-66(54-60(68)52-64)48-38-30-36-46-62(70)72-56-58(42-32-26-20-16-12-8-4)44-34-28-24-22-18-14-10-6-2/h57-60,67-68H,5-56,63-64H2,1-4H3. The molecule has 4 atom stereocenters. The van der Waals surface area contributed by atoms with Crippen molar-refractivity contribution < 1.29 is 29.3 Å². The van der Waals surface area contributed by atoms with Crippen molar-refractivity contribution in [3.63, 3.8) is 0 Å². The van der Waals surface area contributed by atoms with E-state index in [2.05, 4.69) is 37.5 Å². The Balaban J connectivity index is 4.74. The molecule has 6 N–H and O–H groups in total. The molecule has 0 aliphatic rings. The number of nitrogens with two attached hydrogens (primary N) is 2. The third-order valence-corrected chi connectivity index (χ3v) is 15.2. The van der Waals surface area contributed by atoms with Crippen LogP contribution < -0.4 is 11.5 Å². The third kappa shape index (κ3) is 49.6. The number of rotatable bonds is 59. The van der Waals surface area contributed by atoms with Gasteiger partial charge in [0.1, 0.15) is 0 Å². The second-order valence-corrected chi connectivity index (χ2v) is 22.4. The van der Waals surface area contributed by atoms with Gasteiger partial charge in [0.2, 0.25) is 0 Å². The Morgan fingerprint density at radius 3 is 0.861 bits per heavy atom. The molecule has 10 nitrogen and oxygen atoms in total. The van der Waals surface area contributed by atoms with Crippen molar-refractivity contribution in [3.05, 3.63) is 0 Å². The fraction of sp³-hybridized carbons (Fsp3) is 0.968. The Morgan fingerprint density at radius 1 is 0.361 bits per heavy atom. The van der Waals surface area contributed by atoms with Crippen molar-refractivity contribution >= 4 is 11.9 Å². The van der Waals surface area contributed by atoms with Crippen LogP contribution in [0.25, 0.3) is 0 Å². The van der Waals surface area contributed by atoms with Crippen molar-refractivity contribution in [1.29, 1.82) is 0 Å². The number of ether oxygens (including phenoxy) is 2. The number of hydrogen-bond donors (Lipinski definition) is 4. The lowest BCUT2D eigenvalue weighted by Crippen LogP contribution is -2.39. The topological polar surface area (TPSA) is 152 Å². The minimum absolute atomic E-state index is 0.0528. The lowest BCUT2D eigenvalue weighted by molar-refractivity contribution is -0.146. The molecule has 0 aromatic heterocycles. The fourth-order valence-electron chi connectivity index (χ4n) is 10.3. The van der Waals surface area contributed by atoms with E-state index in [4.69, 9.17) is 20.9 Å². The first-order valence-corrected chi connectivity index (χ1v) is 31.7. The lowest BCUT2D eigenvalue weighted by Gasteiger charge is -2.27. The number of carbonyl (C=O) groups is 2. The van der Waals surface area contributed by atoms with Crippen molar-refractivity contribution in [3.8, 4) is 0 Å². The molecular formula is C62H126N4O6. The zero-order valence-corrected chi connectivity index (χ0v) is 48.7. The van der Waals surface area contributed by atoms with Crippen LogP contribution in [-0.4, -0.2) is 110 Å². The van der Waals surface area contributed by atoms with E-state index in [0.29, 0.717) is 51.0 Å². The van der Waals surface area contributed by atoms with Crippen molar-refractivity contribution in [1.82, 2.24) is 9.80 Å². The minimum Gasteiger partial charge on any atom is -0.465 e. The van der Waals surface area contributed by atoms with Gasteiger partial charge in [-0.2, -0.15) is 0 Å². The summed E-state index contributed by atoms with van der Waals surface area (Å²) in [5.74, 6) is 0.866. The Hall–Kier alpha value is -1.30. The van der Waals surface area contributed by atoms with Crippen LogP contribution >= 0.6 is 0 Å². The SMILES string of the molecule is CCCCCCCCCCC(CCCCCCCC)COC(=O)CCCCCN(CCCCN(CCCCCC(=O)OCC(CCCCCCCC)CCCCCCCCCC)CC(O)CN)CC(O)CN. The number of aliphatic hydroxyl groups excluding tert-OH is 2. The molecule has 4 unspecified atom stereocenters. The first kappa shape index (κ1) is 70.7. The van der Waals surface area contributed by atoms with Crippen LogP contribution in [0.4, 0.5) is 0 Å². The molecule has 0 heterocycles. The van der Waals surface area contributed by atoms with E-state index in [9.17, 15) is 19.8 Å². The van der Waals surface area contributed by atoms with Gasteiger partial charge < -0.3 is 41.0 Å². The molecule has 0 aromatic carbocycles. The van der Waals surface area contributed by atoms with E-state index in [-0.39, 0.29) is 25.0 Å². The monoisotopic (exact) mass is 1020 g/mol. The van der Waals surface area contributed by atoms with E-state index in [1.54, 1.807) is 0 Å². The molecule has 0 fully saturated rings. The summed E-state index contributed by atoms with van der Waals surface area (Å²) in [5.41, 5.74) is 11.7. The zero-order valence-electron chi connectivity index (χ0n) is 48.7. The highest BCUT2D eigenvalue weighted by atomic mass is 16.5. The van der Waals surface area contributed by atoms with Crippen LogP contribution in [0.3, 0.4) is 0 Å². The van der Waals surface area contributed by atoms with Crippen molar-refractivity contribution in [2.75, 3.05) is 65.6 Å². The molecule has 0 aromatic rings. The number of unbranched alkanes of at least 4 members (excludes halogenated alkanes) is 29. The maximum absolute atomic E-state index is 12.9. The van der Waals surface area contributed by atoms with E-state index in [1.807, 2.05) is 0 Å². The predicted octanol–water partition coefficient (Wildman–Crippen LogP) is 15.0. The van der Waals surface area contributed by atoms with E-state index in [0.717, 1.165) is 77.5 Å². The highest BCUT2D eigenvalue weighted by molar-refractivity contribution is 5.69. The van der Waals surface area contributed by atoms with Crippen LogP contribution in [0.5, 0.6) is 0 Å². The summed E-state index contributed by atoms with van der Waals surface area (Å²) < 4.78 is 11.8. The highest BCUT2D eigenvalue weighted by Gasteiger charge is 2.17. The summed E-state index contributed by atoms with van der Waals surface area (Å²) in [6.07, 6.45) is 48.8. The van der Waals surface area contributed by atoms with Crippen molar-refractivity contribution in [2.45, 2.75) is 310 Å². The summed E-state index contributed by atoms with van der Waals surface area (Å²) in [5, 5.41) is 20.9. The quantitative estimate of drug-likeness (QED) is 0.0342. The van der Waals surface area contributed by atoms with E-state index >= 15 is 0 Å². The molecule has 0 aliphatic heterocycles. The highest BCUT2D eigenvalue weighted by Crippen LogP contribution is 2.23. The van der Waals surface area contributed by atoms with Gasteiger partial charge in [0.05, 0.1) is 25.4 Å². The summed E-state index contributed by atoms with van der Waals surface area (Å²) in [7, 11) is 0. The average molecular weight is 1020 g/mol. The molecule has 0 amide bonds. The molecule has 72 heavy (non-hydrogen) atoms. The summed E-state index contributed by atoms with van der Waals surface area (Å²) in [6, 6.07) is 0. The van der Waals surface area contributed by atoms with E-state index < -0.39 is 12.2 Å². The van der Waals surface area contributed by atoms with Crippen LogP contribution in [0.15, 0.2) is 0 Å². The summed E-state index contributed by atoms with van der Waals surface area (Å²) in [4.78, 5) is 30.4. The number of carbonyl (C=O) groups excluding carboxylic acids is 2. The largest absolute Gasteiger partial charge is 0.465 e. The van der Waals surface area contributed by atoms with Gasteiger partial charge in [-0.1, -0.05) is 220 Å². The Morgan fingerprint density at radius 2 is 0.597 bits per heavy atom. The number of aliphatic hydroxyl groups is 2. The van der Waals surface area contributed by atoms with Crippen LogP contribution in [0.2, 0.25) is 0 Å². The second kappa shape index (κ2) is 55.9. The Bertz CT molecular complexity index is 1030. The minimum atomic E-state index is -0.560. The summed E-state index contributed by atoms with van der Waals surface area (Å²) >= 11 is 0. The molecule has 430 valence electrons. The van der Waals surface area contributed by atoms with Crippen LogP contribution in [0, 0.1) is 11.8 Å². The number of hydrogen-bond acceptors (Lipinski definition) is 10. The Labute approximate surface area is 447 Å². The van der Waals surface area contributed by atoms with E-state index in [1.165, 1.54) is 205 Å². The van der Waals surface area contributed by atoms with Gasteiger partial charge in [-0.25, -0.2) is 0 Å². The summed E-state index contributed by atoms with van der Waals surface area (Å²) in [6.45, 7) is 15.3. The van der Waals surface area contributed by atoms with Crippen LogP contribution in [-0.2, 0) is 19.1 Å². The first-order chi connectivity index (χ1) is 35.2. The lowest BCUT2D eigenvalue weighted by atomic mass is 9.94. The number of esters is 2. The average Bonchev–Trinajstić information content (AvgIpc) is 3.38. The Kier molecular flexibility index (Phi) is 54.9. The molecule has 10 heteroatoms. The molecule has 0 spiro atoms.